The molecule has 200 valence electrons. The molecule has 1 aromatic heterocycles. The third-order valence-corrected chi connectivity index (χ3v) is 8.13. The number of hydrogen-bond donors (Lipinski definition) is 4. The Morgan fingerprint density at radius 2 is 1.72 bits per heavy atom. The fraction of sp³-hybridized carbons (Fsp3) is 0.741. The summed E-state index contributed by atoms with van der Waals surface area (Å²) in [6, 6.07) is 4.23. The van der Waals surface area contributed by atoms with Crippen molar-refractivity contribution in [1.82, 2.24) is 20.1 Å². The summed E-state index contributed by atoms with van der Waals surface area (Å²) in [5, 5.41) is 24.4. The number of nitrogens with zero attached hydrogens (tertiary/aromatic N) is 4. The summed E-state index contributed by atoms with van der Waals surface area (Å²) in [5.41, 5.74) is 0.516. The van der Waals surface area contributed by atoms with E-state index < -0.39 is 0 Å². The van der Waals surface area contributed by atoms with Crippen molar-refractivity contribution in [2.45, 2.75) is 69.9 Å². The van der Waals surface area contributed by atoms with Gasteiger partial charge in [-0.3, -0.25) is 15.1 Å². The van der Waals surface area contributed by atoms with Crippen LogP contribution in [0.2, 0.25) is 0 Å². The van der Waals surface area contributed by atoms with E-state index in [0.29, 0.717) is 17.4 Å². The molecule has 1 amide bonds. The Labute approximate surface area is 216 Å². The highest BCUT2D eigenvalue weighted by Crippen LogP contribution is 2.23. The summed E-state index contributed by atoms with van der Waals surface area (Å²) in [7, 11) is 1.80. The minimum atomic E-state index is -0.326. The maximum Gasteiger partial charge on any atom is 0.270 e. The van der Waals surface area contributed by atoms with E-state index in [0.717, 1.165) is 70.9 Å². The number of aliphatic hydroxyl groups is 1. The van der Waals surface area contributed by atoms with Crippen LogP contribution in [0.1, 0.15) is 63.4 Å². The molecular formula is C27H45N7O2. The Kier molecular flexibility index (Phi) is 9.95. The zero-order valence-electron chi connectivity index (χ0n) is 22.0. The van der Waals surface area contributed by atoms with Gasteiger partial charge in [0.1, 0.15) is 17.3 Å². The average molecular weight is 500 g/mol. The fourth-order valence-corrected chi connectivity index (χ4v) is 5.83. The van der Waals surface area contributed by atoms with Gasteiger partial charge in [-0.15, -0.1) is 0 Å². The molecule has 1 aromatic rings. The van der Waals surface area contributed by atoms with Gasteiger partial charge in [0.25, 0.3) is 5.91 Å². The Balaban J connectivity index is 1.25. The standard InChI is InChI=1S/C27H45N7O2/c1-29-26-23(9-10-24(31-26)34-14-5-2-3-6-15-34)25(28)27(36)30-21-11-16-32(17-12-21)18-19-33-13-7-4-8-22(33)20-35/h9-10,21-22,28,35H,2-8,11-20H2,1H3,(H,29,31)(H,30,36). The zero-order valence-corrected chi connectivity index (χ0v) is 22.0. The summed E-state index contributed by atoms with van der Waals surface area (Å²) in [4.78, 5) is 24.9. The van der Waals surface area contributed by atoms with Crippen molar-refractivity contribution in [1.29, 1.82) is 5.41 Å². The van der Waals surface area contributed by atoms with Crippen LogP contribution >= 0.6 is 0 Å². The van der Waals surface area contributed by atoms with Crippen molar-refractivity contribution >= 4 is 23.3 Å². The number of anilines is 2. The van der Waals surface area contributed by atoms with E-state index in [2.05, 4.69) is 25.3 Å². The highest BCUT2D eigenvalue weighted by Gasteiger charge is 2.26. The Morgan fingerprint density at radius 3 is 2.42 bits per heavy atom. The van der Waals surface area contributed by atoms with Crippen LogP contribution in [0, 0.1) is 5.41 Å². The number of amides is 1. The molecule has 3 saturated heterocycles. The molecule has 4 N–H and O–H groups in total. The predicted molar refractivity (Wildman–Crippen MR) is 145 cm³/mol. The fourth-order valence-electron chi connectivity index (χ4n) is 5.83. The second-order valence-electron chi connectivity index (χ2n) is 10.5. The Bertz CT molecular complexity index is 864. The number of rotatable bonds is 9. The van der Waals surface area contributed by atoms with Crippen LogP contribution in [0.15, 0.2) is 12.1 Å². The minimum absolute atomic E-state index is 0.0307. The number of hydrogen-bond acceptors (Lipinski definition) is 8. The van der Waals surface area contributed by atoms with Crippen molar-refractivity contribution in [3.05, 3.63) is 17.7 Å². The van der Waals surface area contributed by atoms with Gasteiger partial charge in [0.15, 0.2) is 0 Å². The lowest BCUT2D eigenvalue weighted by atomic mass is 10.0. The van der Waals surface area contributed by atoms with Gasteiger partial charge in [0.2, 0.25) is 0 Å². The molecule has 36 heavy (non-hydrogen) atoms. The summed E-state index contributed by atoms with van der Waals surface area (Å²) < 4.78 is 0. The number of nitrogens with one attached hydrogen (secondary N) is 3. The summed E-state index contributed by atoms with van der Waals surface area (Å²) in [6.45, 7) is 7.26. The molecule has 0 aromatic carbocycles. The SMILES string of the molecule is CNc1nc(N2CCCCCC2)ccc1C(=N)C(=O)NC1CCN(CCN2CCCCC2CO)CC1. The van der Waals surface area contributed by atoms with Gasteiger partial charge < -0.3 is 25.5 Å². The third-order valence-electron chi connectivity index (χ3n) is 8.13. The van der Waals surface area contributed by atoms with Crippen molar-refractivity contribution in [3.63, 3.8) is 0 Å². The molecule has 9 heteroatoms. The molecule has 0 bridgehead atoms. The van der Waals surface area contributed by atoms with Crippen LogP contribution < -0.4 is 15.5 Å². The molecule has 4 heterocycles. The molecule has 3 fully saturated rings. The molecule has 0 aliphatic carbocycles. The topological polar surface area (TPSA) is 108 Å². The molecule has 9 nitrogen and oxygen atoms in total. The van der Waals surface area contributed by atoms with Crippen molar-refractivity contribution < 1.29 is 9.90 Å². The lowest BCUT2D eigenvalue weighted by molar-refractivity contribution is -0.115. The summed E-state index contributed by atoms with van der Waals surface area (Å²) >= 11 is 0. The zero-order chi connectivity index (χ0) is 25.3. The Hall–Kier alpha value is -2.23. The van der Waals surface area contributed by atoms with Crippen LogP contribution in [0.25, 0.3) is 0 Å². The van der Waals surface area contributed by atoms with Gasteiger partial charge in [-0.25, -0.2) is 4.98 Å². The monoisotopic (exact) mass is 499 g/mol. The van der Waals surface area contributed by atoms with E-state index in [9.17, 15) is 9.90 Å². The van der Waals surface area contributed by atoms with Crippen LogP contribution in [-0.4, -0.2) is 103 Å². The first-order valence-corrected chi connectivity index (χ1v) is 14.0. The highest BCUT2D eigenvalue weighted by atomic mass is 16.3. The van der Waals surface area contributed by atoms with Gasteiger partial charge in [0.05, 0.1) is 6.61 Å². The molecule has 3 aliphatic heterocycles. The van der Waals surface area contributed by atoms with Crippen molar-refractivity contribution in [3.8, 4) is 0 Å². The largest absolute Gasteiger partial charge is 0.395 e. The van der Waals surface area contributed by atoms with Crippen LogP contribution in [0.4, 0.5) is 11.6 Å². The number of aromatic nitrogens is 1. The minimum Gasteiger partial charge on any atom is -0.395 e. The van der Waals surface area contributed by atoms with Gasteiger partial charge in [-0.05, 0) is 57.2 Å². The second kappa shape index (κ2) is 13.4. The van der Waals surface area contributed by atoms with E-state index in [1.807, 2.05) is 12.1 Å². The highest BCUT2D eigenvalue weighted by molar-refractivity contribution is 6.45. The normalized spacial score (nSPS) is 22.7. The first-order chi connectivity index (χ1) is 17.6. The average Bonchev–Trinajstić information content (AvgIpc) is 3.22. The molecule has 4 rings (SSSR count). The van der Waals surface area contributed by atoms with Crippen LogP contribution in [-0.2, 0) is 4.79 Å². The van der Waals surface area contributed by atoms with Gasteiger partial charge in [-0.2, -0.15) is 0 Å². The number of pyridine rings is 1. The van der Waals surface area contributed by atoms with Crippen molar-refractivity contribution in [2.75, 3.05) is 69.7 Å². The predicted octanol–water partition coefficient (Wildman–Crippen LogP) is 2.30. The summed E-state index contributed by atoms with van der Waals surface area (Å²) in [5.74, 6) is 1.18. The van der Waals surface area contributed by atoms with Crippen LogP contribution in [0.3, 0.4) is 0 Å². The molecule has 0 saturated carbocycles. The third kappa shape index (κ3) is 6.95. The van der Waals surface area contributed by atoms with Gasteiger partial charge in [0, 0.05) is 64.0 Å². The van der Waals surface area contributed by atoms with Gasteiger partial charge in [-0.1, -0.05) is 19.3 Å². The van der Waals surface area contributed by atoms with Gasteiger partial charge >= 0.3 is 0 Å². The van der Waals surface area contributed by atoms with E-state index in [1.165, 1.54) is 38.5 Å². The maximum absolute atomic E-state index is 12.9. The van der Waals surface area contributed by atoms with E-state index >= 15 is 0 Å². The molecule has 0 radical (unpaired) electrons. The molecule has 1 atom stereocenters. The lowest BCUT2D eigenvalue weighted by Gasteiger charge is -2.38. The molecular weight excluding hydrogens is 454 g/mol. The van der Waals surface area contributed by atoms with E-state index in [-0.39, 0.29) is 24.3 Å². The van der Waals surface area contributed by atoms with Crippen LogP contribution in [0.5, 0.6) is 0 Å². The maximum atomic E-state index is 12.9. The number of aliphatic hydroxyl groups excluding tert-OH is 1. The smallest absolute Gasteiger partial charge is 0.270 e. The number of likely N-dealkylation sites (tertiary alicyclic amines) is 2. The first kappa shape index (κ1) is 26.8. The molecule has 0 spiro atoms. The van der Waals surface area contributed by atoms with E-state index in [1.54, 1.807) is 7.05 Å². The molecule has 3 aliphatic rings. The van der Waals surface area contributed by atoms with Crippen molar-refractivity contribution in [2.24, 2.45) is 0 Å². The number of carbonyl (C=O) groups excluding carboxylic acids is 1. The molecule has 1 unspecified atom stereocenters. The first-order valence-electron chi connectivity index (χ1n) is 14.0. The Morgan fingerprint density at radius 1 is 1.00 bits per heavy atom. The number of piperidine rings is 2. The van der Waals surface area contributed by atoms with E-state index in [4.69, 9.17) is 10.4 Å². The summed E-state index contributed by atoms with van der Waals surface area (Å²) in [6.07, 6.45) is 10.2. The second-order valence-corrected chi connectivity index (χ2v) is 10.5. The number of carbonyl (C=O) groups is 1. The lowest BCUT2D eigenvalue weighted by Crippen LogP contribution is -2.49. The quantitative estimate of drug-likeness (QED) is 0.386.